The Balaban J connectivity index is 1.82. The number of anilines is 2. The van der Waals surface area contributed by atoms with Gasteiger partial charge < -0.3 is 10.1 Å². The molecule has 1 N–H and O–H groups in total. The van der Waals surface area contributed by atoms with Gasteiger partial charge in [-0.1, -0.05) is 35.3 Å². The molecule has 2 aromatic carbocycles. The lowest BCUT2D eigenvalue weighted by Gasteiger charge is -2.14. The molecule has 23 heavy (non-hydrogen) atoms. The Morgan fingerprint density at radius 3 is 2.70 bits per heavy atom. The van der Waals surface area contributed by atoms with E-state index in [4.69, 9.17) is 27.9 Å². The Kier molecular flexibility index (Phi) is 4.41. The predicted octanol–water partition coefficient (Wildman–Crippen LogP) is 4.20. The summed E-state index contributed by atoms with van der Waals surface area (Å²) in [5.41, 5.74) is 1.44. The summed E-state index contributed by atoms with van der Waals surface area (Å²) < 4.78 is 4.90. The second-order valence-electron chi connectivity index (χ2n) is 4.87. The van der Waals surface area contributed by atoms with Crippen LogP contribution in [-0.4, -0.2) is 25.2 Å². The van der Waals surface area contributed by atoms with Gasteiger partial charge >= 0.3 is 6.09 Å². The van der Waals surface area contributed by atoms with E-state index < -0.39 is 6.09 Å². The Morgan fingerprint density at radius 2 is 1.96 bits per heavy atom. The molecule has 0 radical (unpaired) electrons. The summed E-state index contributed by atoms with van der Waals surface area (Å²) in [6, 6.07) is 11.7. The summed E-state index contributed by atoms with van der Waals surface area (Å²) >= 11 is 12.0. The average molecular weight is 351 g/mol. The van der Waals surface area contributed by atoms with Crippen molar-refractivity contribution in [3.05, 3.63) is 58.1 Å². The molecule has 0 spiro atoms. The van der Waals surface area contributed by atoms with Crippen LogP contribution in [0.1, 0.15) is 10.4 Å². The zero-order valence-electron chi connectivity index (χ0n) is 11.9. The second-order valence-corrected chi connectivity index (χ2v) is 5.66. The number of cyclic esters (lactones) is 1. The predicted molar refractivity (Wildman–Crippen MR) is 89.6 cm³/mol. The maximum absolute atomic E-state index is 12.4. The lowest BCUT2D eigenvalue weighted by Crippen LogP contribution is -2.23. The molecule has 2 amide bonds. The van der Waals surface area contributed by atoms with Crippen molar-refractivity contribution < 1.29 is 14.3 Å². The molecular formula is C16H12Cl2N2O3. The molecule has 0 atom stereocenters. The van der Waals surface area contributed by atoms with Crippen LogP contribution in [0.5, 0.6) is 0 Å². The summed E-state index contributed by atoms with van der Waals surface area (Å²) in [5, 5.41) is 3.35. The van der Waals surface area contributed by atoms with Gasteiger partial charge in [-0.25, -0.2) is 4.79 Å². The first-order valence-electron chi connectivity index (χ1n) is 6.86. The van der Waals surface area contributed by atoms with Gasteiger partial charge in [0.15, 0.2) is 0 Å². The fourth-order valence-corrected chi connectivity index (χ4v) is 2.59. The third-order valence-electron chi connectivity index (χ3n) is 3.38. The molecule has 0 unspecified atom stereocenters. The highest BCUT2D eigenvalue weighted by atomic mass is 35.5. The second kappa shape index (κ2) is 6.48. The molecule has 0 aliphatic carbocycles. The van der Waals surface area contributed by atoms with Crippen LogP contribution in [0.25, 0.3) is 0 Å². The fraction of sp³-hybridized carbons (Fsp3) is 0.125. The zero-order valence-corrected chi connectivity index (χ0v) is 13.4. The summed E-state index contributed by atoms with van der Waals surface area (Å²) in [5.74, 6) is -0.344. The van der Waals surface area contributed by atoms with E-state index in [1.54, 1.807) is 42.5 Å². The third-order valence-corrected chi connectivity index (χ3v) is 4.20. The van der Waals surface area contributed by atoms with Crippen LogP contribution < -0.4 is 10.2 Å². The first-order valence-corrected chi connectivity index (χ1v) is 7.61. The molecule has 7 heteroatoms. The SMILES string of the molecule is O=C(Nc1cccc(Cl)c1Cl)c1cccc(N2CCOC2=O)c1. The van der Waals surface area contributed by atoms with Gasteiger partial charge in [-0.3, -0.25) is 9.69 Å². The number of nitrogens with zero attached hydrogens (tertiary/aromatic N) is 1. The Bertz CT molecular complexity index is 780. The number of hydrogen-bond donors (Lipinski definition) is 1. The quantitative estimate of drug-likeness (QED) is 0.902. The first-order chi connectivity index (χ1) is 11.1. The van der Waals surface area contributed by atoms with Gasteiger partial charge in [-0.15, -0.1) is 0 Å². The lowest BCUT2D eigenvalue weighted by molar-refractivity contribution is 0.102. The molecule has 1 heterocycles. The number of carbonyl (C=O) groups is 2. The number of carbonyl (C=O) groups excluding carboxylic acids is 2. The molecule has 0 bridgehead atoms. The van der Waals surface area contributed by atoms with Crippen LogP contribution in [0, 0.1) is 0 Å². The van der Waals surface area contributed by atoms with Crippen LogP contribution in [0.4, 0.5) is 16.2 Å². The largest absolute Gasteiger partial charge is 0.447 e. The Morgan fingerprint density at radius 1 is 1.17 bits per heavy atom. The number of halogens is 2. The van der Waals surface area contributed by atoms with Crippen molar-refractivity contribution >= 4 is 46.6 Å². The maximum Gasteiger partial charge on any atom is 0.414 e. The van der Waals surface area contributed by atoms with Crippen molar-refractivity contribution in [2.75, 3.05) is 23.4 Å². The smallest absolute Gasteiger partial charge is 0.414 e. The highest BCUT2D eigenvalue weighted by Crippen LogP contribution is 2.30. The minimum Gasteiger partial charge on any atom is -0.447 e. The van der Waals surface area contributed by atoms with Crippen LogP contribution in [0.15, 0.2) is 42.5 Å². The zero-order chi connectivity index (χ0) is 16.4. The van der Waals surface area contributed by atoms with Gasteiger partial charge in [0, 0.05) is 11.3 Å². The highest BCUT2D eigenvalue weighted by Gasteiger charge is 2.24. The first kappa shape index (κ1) is 15.6. The van der Waals surface area contributed by atoms with E-state index >= 15 is 0 Å². The van der Waals surface area contributed by atoms with Gasteiger partial charge in [0.2, 0.25) is 0 Å². The molecule has 1 aliphatic heterocycles. The van der Waals surface area contributed by atoms with E-state index in [1.807, 2.05) is 0 Å². The molecule has 0 aromatic heterocycles. The lowest BCUT2D eigenvalue weighted by atomic mass is 10.1. The number of hydrogen-bond acceptors (Lipinski definition) is 3. The number of rotatable bonds is 3. The molecule has 1 aliphatic rings. The van der Waals surface area contributed by atoms with Crippen LogP contribution in [0.2, 0.25) is 10.0 Å². The molecular weight excluding hydrogens is 339 g/mol. The number of benzene rings is 2. The molecule has 1 fully saturated rings. The summed E-state index contributed by atoms with van der Waals surface area (Å²) in [7, 11) is 0. The van der Waals surface area contributed by atoms with Crippen molar-refractivity contribution in [3.8, 4) is 0 Å². The van der Waals surface area contributed by atoms with Crippen molar-refractivity contribution in [2.24, 2.45) is 0 Å². The molecule has 2 aromatic rings. The van der Waals surface area contributed by atoms with E-state index in [0.717, 1.165) is 0 Å². The standard InChI is InChI=1S/C16H12Cl2N2O3/c17-12-5-2-6-13(14(12)18)19-15(21)10-3-1-4-11(9-10)20-7-8-23-16(20)22/h1-6,9H,7-8H2,(H,19,21). The Hall–Kier alpha value is -2.24. The molecule has 3 rings (SSSR count). The van der Waals surface area contributed by atoms with Gasteiger partial charge in [-0.05, 0) is 30.3 Å². The van der Waals surface area contributed by atoms with Crippen molar-refractivity contribution in [2.45, 2.75) is 0 Å². The van der Waals surface area contributed by atoms with E-state index in [9.17, 15) is 9.59 Å². The minimum absolute atomic E-state index is 0.279. The maximum atomic E-state index is 12.4. The highest BCUT2D eigenvalue weighted by molar-refractivity contribution is 6.44. The molecule has 0 saturated carbocycles. The third kappa shape index (κ3) is 3.25. The summed E-state index contributed by atoms with van der Waals surface area (Å²) in [6.07, 6.45) is -0.416. The number of amides is 2. The van der Waals surface area contributed by atoms with E-state index in [0.29, 0.717) is 35.1 Å². The van der Waals surface area contributed by atoms with Crippen molar-refractivity contribution in [1.29, 1.82) is 0 Å². The van der Waals surface area contributed by atoms with Crippen molar-refractivity contribution in [3.63, 3.8) is 0 Å². The topological polar surface area (TPSA) is 58.6 Å². The van der Waals surface area contributed by atoms with Gasteiger partial charge in [0.25, 0.3) is 5.91 Å². The summed E-state index contributed by atoms with van der Waals surface area (Å²) in [4.78, 5) is 25.5. The normalized spacial score (nSPS) is 13.8. The van der Waals surface area contributed by atoms with Crippen LogP contribution in [-0.2, 0) is 4.74 Å². The van der Waals surface area contributed by atoms with E-state index in [1.165, 1.54) is 4.90 Å². The summed E-state index contributed by atoms with van der Waals surface area (Å²) in [6.45, 7) is 0.803. The van der Waals surface area contributed by atoms with E-state index in [-0.39, 0.29) is 10.9 Å². The average Bonchev–Trinajstić information content (AvgIpc) is 2.98. The number of nitrogens with one attached hydrogen (secondary N) is 1. The Labute approximate surface area is 142 Å². The molecule has 1 saturated heterocycles. The van der Waals surface area contributed by atoms with E-state index in [2.05, 4.69) is 5.32 Å². The van der Waals surface area contributed by atoms with Crippen LogP contribution in [0.3, 0.4) is 0 Å². The monoisotopic (exact) mass is 350 g/mol. The fourth-order valence-electron chi connectivity index (χ4n) is 2.24. The number of ether oxygens (including phenoxy) is 1. The molecule has 118 valence electrons. The van der Waals surface area contributed by atoms with Gasteiger partial charge in [0.1, 0.15) is 6.61 Å². The van der Waals surface area contributed by atoms with Gasteiger partial charge in [0.05, 0.1) is 22.3 Å². The minimum atomic E-state index is -0.416. The van der Waals surface area contributed by atoms with Gasteiger partial charge in [-0.2, -0.15) is 0 Å². The van der Waals surface area contributed by atoms with Crippen molar-refractivity contribution in [1.82, 2.24) is 0 Å². The van der Waals surface area contributed by atoms with Crippen LogP contribution >= 0.6 is 23.2 Å². The molecule has 5 nitrogen and oxygen atoms in total.